The van der Waals surface area contributed by atoms with Crippen molar-refractivity contribution in [1.29, 1.82) is 0 Å². The Balaban J connectivity index is 2.08. The van der Waals surface area contributed by atoms with Crippen LogP contribution in [0.25, 0.3) is 0 Å². The van der Waals surface area contributed by atoms with Crippen LogP contribution in [-0.4, -0.2) is 35.6 Å². The van der Waals surface area contributed by atoms with Crippen molar-refractivity contribution in [2.75, 3.05) is 11.9 Å². The van der Waals surface area contributed by atoms with Crippen LogP contribution in [0.15, 0.2) is 22.7 Å². The molecule has 1 atom stereocenters. The highest BCUT2D eigenvalue weighted by Gasteiger charge is 2.23. The largest absolute Gasteiger partial charge is 0.478 e. The lowest BCUT2D eigenvalue weighted by Crippen LogP contribution is -2.39. The van der Waals surface area contributed by atoms with Gasteiger partial charge in [0.15, 0.2) is 0 Å². The maximum atomic E-state index is 11.8. The number of benzene rings is 1. The number of rotatable bonds is 3. The van der Waals surface area contributed by atoms with Crippen molar-refractivity contribution in [3.05, 3.63) is 28.2 Å². The first kappa shape index (κ1) is 14.3. The molecule has 0 bridgehead atoms. The van der Waals surface area contributed by atoms with Crippen LogP contribution in [0.5, 0.6) is 0 Å². The van der Waals surface area contributed by atoms with E-state index < -0.39 is 12.0 Å². The Kier molecular flexibility index (Phi) is 4.23. The molecule has 0 spiro atoms. The van der Waals surface area contributed by atoms with Gasteiger partial charge in [0.2, 0.25) is 5.91 Å². The minimum absolute atomic E-state index is 0.0184. The lowest BCUT2D eigenvalue weighted by molar-refractivity contribution is -0.119. The minimum atomic E-state index is -1.14. The lowest BCUT2D eigenvalue weighted by Gasteiger charge is -2.14. The van der Waals surface area contributed by atoms with E-state index in [4.69, 9.17) is 5.11 Å². The molecule has 3 amide bonds. The molecule has 1 aliphatic heterocycles. The summed E-state index contributed by atoms with van der Waals surface area (Å²) in [4.78, 5) is 33.9. The number of aromatic carboxylic acids is 1. The molecule has 0 aliphatic carbocycles. The van der Waals surface area contributed by atoms with E-state index in [0.29, 0.717) is 11.0 Å². The summed E-state index contributed by atoms with van der Waals surface area (Å²) in [6, 6.07) is 3.74. The van der Waals surface area contributed by atoms with Gasteiger partial charge in [0, 0.05) is 17.4 Å². The van der Waals surface area contributed by atoms with Crippen molar-refractivity contribution >= 4 is 39.5 Å². The fourth-order valence-corrected chi connectivity index (χ4v) is 2.34. The summed E-state index contributed by atoms with van der Waals surface area (Å²) in [6.07, 6.45) is 0.217. The van der Waals surface area contributed by atoms with E-state index in [2.05, 4.69) is 31.9 Å². The smallest absolute Gasteiger partial charge is 0.337 e. The molecule has 4 N–H and O–H groups in total. The highest BCUT2D eigenvalue weighted by Crippen LogP contribution is 2.26. The molecule has 1 aromatic rings. The van der Waals surface area contributed by atoms with E-state index in [-0.39, 0.29) is 29.6 Å². The average Bonchev–Trinajstić information content (AvgIpc) is 2.77. The number of carboxylic acid groups (broad SMARTS) is 1. The molecule has 0 aromatic heterocycles. The molecule has 1 fully saturated rings. The van der Waals surface area contributed by atoms with Crippen molar-refractivity contribution in [1.82, 2.24) is 10.6 Å². The predicted octanol–water partition coefficient (Wildman–Crippen LogP) is 1.16. The molecule has 2 rings (SSSR count). The molecule has 106 valence electrons. The van der Waals surface area contributed by atoms with Gasteiger partial charge in [-0.3, -0.25) is 4.79 Å². The third-order valence-corrected chi connectivity index (χ3v) is 3.46. The fraction of sp³-hybridized carbons (Fsp3) is 0.250. The van der Waals surface area contributed by atoms with Gasteiger partial charge in [-0.2, -0.15) is 0 Å². The molecule has 0 saturated carbocycles. The second kappa shape index (κ2) is 5.91. The van der Waals surface area contributed by atoms with Gasteiger partial charge in [0.25, 0.3) is 0 Å². The molecule has 8 heteroatoms. The van der Waals surface area contributed by atoms with Crippen LogP contribution in [-0.2, 0) is 4.79 Å². The zero-order valence-corrected chi connectivity index (χ0v) is 11.9. The van der Waals surface area contributed by atoms with Crippen molar-refractivity contribution in [2.45, 2.75) is 12.5 Å². The number of nitrogens with one attached hydrogen (secondary N) is 3. The zero-order valence-electron chi connectivity index (χ0n) is 10.3. The van der Waals surface area contributed by atoms with Gasteiger partial charge in [-0.05, 0) is 28.1 Å². The molecule has 1 heterocycles. The Hall–Kier alpha value is -2.09. The number of hydrogen-bond donors (Lipinski definition) is 4. The summed E-state index contributed by atoms with van der Waals surface area (Å²) in [5.74, 6) is -1.26. The van der Waals surface area contributed by atoms with Crippen LogP contribution in [0, 0.1) is 0 Å². The van der Waals surface area contributed by atoms with E-state index in [9.17, 15) is 14.4 Å². The van der Waals surface area contributed by atoms with E-state index in [1.165, 1.54) is 6.07 Å². The molecule has 7 nitrogen and oxygen atoms in total. The van der Waals surface area contributed by atoms with Crippen molar-refractivity contribution < 1.29 is 19.5 Å². The van der Waals surface area contributed by atoms with E-state index >= 15 is 0 Å². The monoisotopic (exact) mass is 341 g/mol. The predicted molar refractivity (Wildman–Crippen MR) is 74.7 cm³/mol. The molecule has 1 unspecified atom stereocenters. The van der Waals surface area contributed by atoms with Crippen molar-refractivity contribution in [3.63, 3.8) is 0 Å². The number of carboxylic acids is 1. The first-order valence-corrected chi connectivity index (χ1v) is 6.62. The van der Waals surface area contributed by atoms with Crippen LogP contribution in [0.2, 0.25) is 0 Å². The molecule has 1 aliphatic rings. The molecule has 1 aromatic carbocycles. The molecule has 20 heavy (non-hydrogen) atoms. The second-order valence-electron chi connectivity index (χ2n) is 4.27. The van der Waals surface area contributed by atoms with Gasteiger partial charge in [0.1, 0.15) is 0 Å². The Bertz CT molecular complexity index is 576. The zero-order chi connectivity index (χ0) is 14.7. The van der Waals surface area contributed by atoms with Crippen LogP contribution < -0.4 is 16.0 Å². The van der Waals surface area contributed by atoms with E-state index in [0.717, 1.165) is 0 Å². The number of hydrogen-bond acceptors (Lipinski definition) is 3. The number of urea groups is 1. The molecular formula is C12H12BrN3O4. The first-order valence-electron chi connectivity index (χ1n) is 5.83. The SMILES string of the molecule is O=C1CC(NC(=O)Nc2c(Br)cccc2C(=O)O)CN1. The van der Waals surface area contributed by atoms with Gasteiger partial charge in [-0.1, -0.05) is 6.07 Å². The third-order valence-electron chi connectivity index (χ3n) is 2.80. The topological polar surface area (TPSA) is 108 Å². The Morgan fingerprint density at radius 3 is 2.75 bits per heavy atom. The van der Waals surface area contributed by atoms with Crippen molar-refractivity contribution in [3.8, 4) is 0 Å². The third kappa shape index (κ3) is 3.27. The number of para-hydroxylation sites is 1. The summed E-state index contributed by atoms with van der Waals surface area (Å²) in [5.41, 5.74) is 0.157. The van der Waals surface area contributed by atoms with Crippen LogP contribution in [0.1, 0.15) is 16.8 Å². The number of amides is 3. The Morgan fingerprint density at radius 1 is 1.40 bits per heavy atom. The summed E-state index contributed by atoms with van der Waals surface area (Å²) >= 11 is 3.19. The Labute approximate surface area is 122 Å². The number of anilines is 1. The maximum absolute atomic E-state index is 11.8. The highest BCUT2D eigenvalue weighted by atomic mass is 79.9. The van der Waals surface area contributed by atoms with Gasteiger partial charge >= 0.3 is 12.0 Å². The number of carbonyl (C=O) groups is 3. The van der Waals surface area contributed by atoms with Gasteiger partial charge in [-0.15, -0.1) is 0 Å². The summed E-state index contributed by atoms with van der Waals surface area (Å²) < 4.78 is 0.466. The number of carbonyl (C=O) groups excluding carboxylic acids is 2. The van der Waals surface area contributed by atoms with Crippen molar-refractivity contribution in [2.24, 2.45) is 0 Å². The van der Waals surface area contributed by atoms with Crippen LogP contribution in [0.3, 0.4) is 0 Å². The van der Waals surface area contributed by atoms with Crippen LogP contribution in [0.4, 0.5) is 10.5 Å². The standard InChI is InChI=1S/C12H12BrN3O4/c13-8-3-1-2-7(11(18)19)10(8)16-12(20)15-6-4-9(17)14-5-6/h1-3,6H,4-5H2,(H,14,17)(H,18,19)(H2,15,16,20). The molecular weight excluding hydrogens is 330 g/mol. The van der Waals surface area contributed by atoms with Gasteiger partial charge < -0.3 is 21.1 Å². The van der Waals surface area contributed by atoms with Gasteiger partial charge in [-0.25, -0.2) is 9.59 Å². The Morgan fingerprint density at radius 2 is 2.15 bits per heavy atom. The molecule has 0 radical (unpaired) electrons. The van der Waals surface area contributed by atoms with Gasteiger partial charge in [0.05, 0.1) is 17.3 Å². The van der Waals surface area contributed by atoms with E-state index in [1.54, 1.807) is 12.1 Å². The minimum Gasteiger partial charge on any atom is -0.478 e. The first-order chi connectivity index (χ1) is 9.47. The highest BCUT2D eigenvalue weighted by molar-refractivity contribution is 9.10. The maximum Gasteiger partial charge on any atom is 0.337 e. The summed E-state index contributed by atoms with van der Waals surface area (Å²) in [5, 5.41) is 16.8. The van der Waals surface area contributed by atoms with E-state index in [1.807, 2.05) is 0 Å². The number of halogens is 1. The molecule has 1 saturated heterocycles. The second-order valence-corrected chi connectivity index (χ2v) is 5.13. The summed E-state index contributed by atoms with van der Waals surface area (Å²) in [6.45, 7) is 0.369. The normalized spacial score (nSPS) is 17.4. The average molecular weight is 342 g/mol. The lowest BCUT2D eigenvalue weighted by atomic mass is 10.2. The summed E-state index contributed by atoms with van der Waals surface area (Å²) in [7, 11) is 0. The van der Waals surface area contributed by atoms with Crippen LogP contribution >= 0.6 is 15.9 Å². The quantitative estimate of drug-likeness (QED) is 0.661. The fourth-order valence-electron chi connectivity index (χ4n) is 1.87.